The Hall–Kier alpha value is -1.10. The zero-order valence-corrected chi connectivity index (χ0v) is 14.0. The lowest BCUT2D eigenvalue weighted by molar-refractivity contribution is -0.122. The summed E-state index contributed by atoms with van der Waals surface area (Å²) in [5.41, 5.74) is 7.96. The quantitative estimate of drug-likeness (QED) is 0.790. The predicted octanol–water partition coefficient (Wildman–Crippen LogP) is 2.88. The van der Waals surface area contributed by atoms with Crippen LogP contribution in [0.3, 0.4) is 0 Å². The number of nitrogens with one attached hydrogen (secondary N) is 1. The maximum atomic E-state index is 12.0. The highest BCUT2D eigenvalue weighted by Crippen LogP contribution is 2.19. The number of ether oxygens (including phenoxy) is 1. The van der Waals surface area contributed by atoms with Gasteiger partial charge in [-0.15, -0.1) is 12.4 Å². The van der Waals surface area contributed by atoms with Gasteiger partial charge in [0, 0.05) is 6.54 Å². The minimum atomic E-state index is -0.611. The van der Waals surface area contributed by atoms with Crippen LogP contribution in [-0.4, -0.2) is 25.2 Å². The Bertz CT molecular complexity index is 444. The van der Waals surface area contributed by atoms with Crippen LogP contribution in [0.5, 0.6) is 0 Å². The Morgan fingerprint density at radius 3 is 2.55 bits per heavy atom. The van der Waals surface area contributed by atoms with Gasteiger partial charge in [0.15, 0.2) is 0 Å². The Morgan fingerprint density at radius 2 is 1.91 bits per heavy atom. The molecule has 4 nitrogen and oxygen atoms in total. The first-order valence-electron chi connectivity index (χ1n) is 7.88. The summed E-state index contributed by atoms with van der Waals surface area (Å²) in [5, 5.41) is 2.85. The van der Waals surface area contributed by atoms with Crippen molar-refractivity contribution >= 4 is 18.3 Å². The minimum Gasteiger partial charge on any atom is -0.376 e. The second-order valence-corrected chi connectivity index (χ2v) is 5.81. The average molecular weight is 327 g/mol. The number of nitrogens with two attached hydrogens (primary N) is 1. The fraction of sp³-hybridized carbons (Fsp3) is 0.588. The largest absolute Gasteiger partial charge is 0.376 e. The fourth-order valence-corrected chi connectivity index (χ4v) is 2.67. The number of amides is 1. The van der Waals surface area contributed by atoms with E-state index in [4.69, 9.17) is 10.5 Å². The molecule has 0 heterocycles. The standard InChI is InChI=1S/C17H26N2O2.ClH/c1-13-7-9-14(10-8-13)16(18)17(20)19-11-12-21-15-5-3-2-4-6-15;/h7-10,15-16H,2-6,11-12,18H2,1H3,(H,19,20);1H. The Balaban J connectivity index is 0.00000242. The van der Waals surface area contributed by atoms with E-state index in [9.17, 15) is 4.79 Å². The van der Waals surface area contributed by atoms with Crippen LogP contribution < -0.4 is 11.1 Å². The molecule has 0 saturated heterocycles. The molecule has 1 aromatic carbocycles. The van der Waals surface area contributed by atoms with Gasteiger partial charge >= 0.3 is 0 Å². The highest BCUT2D eigenvalue weighted by atomic mass is 35.5. The van der Waals surface area contributed by atoms with Crippen LogP contribution in [0.25, 0.3) is 0 Å². The van der Waals surface area contributed by atoms with Gasteiger partial charge < -0.3 is 15.8 Å². The first-order valence-corrected chi connectivity index (χ1v) is 7.88. The van der Waals surface area contributed by atoms with Gasteiger partial charge in [0.05, 0.1) is 12.7 Å². The molecule has 0 aliphatic heterocycles. The topological polar surface area (TPSA) is 64.4 Å². The van der Waals surface area contributed by atoms with Crippen LogP contribution in [0.1, 0.15) is 49.3 Å². The molecule has 1 atom stereocenters. The van der Waals surface area contributed by atoms with Gasteiger partial charge in [0.1, 0.15) is 6.04 Å². The van der Waals surface area contributed by atoms with Crippen LogP contribution in [0, 0.1) is 6.92 Å². The maximum absolute atomic E-state index is 12.0. The molecular weight excluding hydrogens is 300 g/mol. The van der Waals surface area contributed by atoms with Crippen molar-refractivity contribution in [2.45, 2.75) is 51.2 Å². The van der Waals surface area contributed by atoms with E-state index < -0.39 is 6.04 Å². The lowest BCUT2D eigenvalue weighted by Crippen LogP contribution is -2.36. The zero-order valence-electron chi connectivity index (χ0n) is 13.2. The first-order chi connectivity index (χ1) is 10.2. The molecule has 3 N–H and O–H groups in total. The molecular formula is C17H27ClN2O2. The van der Waals surface area contributed by atoms with Gasteiger partial charge in [-0.05, 0) is 25.3 Å². The van der Waals surface area contributed by atoms with Crippen molar-refractivity contribution in [2.24, 2.45) is 5.73 Å². The number of benzene rings is 1. The van der Waals surface area contributed by atoms with E-state index in [-0.39, 0.29) is 18.3 Å². The molecule has 0 bridgehead atoms. The number of carbonyl (C=O) groups is 1. The zero-order chi connectivity index (χ0) is 15.1. The molecule has 1 fully saturated rings. The molecule has 0 aromatic heterocycles. The summed E-state index contributed by atoms with van der Waals surface area (Å²) >= 11 is 0. The third-order valence-electron chi connectivity index (χ3n) is 4.03. The smallest absolute Gasteiger partial charge is 0.241 e. The van der Waals surface area contributed by atoms with Gasteiger partial charge in [-0.3, -0.25) is 4.79 Å². The maximum Gasteiger partial charge on any atom is 0.241 e. The molecule has 2 rings (SSSR count). The SMILES string of the molecule is Cc1ccc(C(N)C(=O)NCCOC2CCCCC2)cc1.Cl. The molecule has 22 heavy (non-hydrogen) atoms. The molecule has 1 aliphatic rings. The molecule has 1 unspecified atom stereocenters. The second kappa shape index (κ2) is 9.82. The van der Waals surface area contributed by atoms with E-state index >= 15 is 0 Å². The van der Waals surface area contributed by atoms with Gasteiger partial charge in [0.2, 0.25) is 5.91 Å². The van der Waals surface area contributed by atoms with Crippen LogP contribution in [0.4, 0.5) is 0 Å². The summed E-state index contributed by atoms with van der Waals surface area (Å²) in [6, 6.07) is 7.12. The average Bonchev–Trinajstić information content (AvgIpc) is 2.52. The number of rotatable bonds is 6. The van der Waals surface area contributed by atoms with Gasteiger partial charge in [-0.1, -0.05) is 49.1 Å². The number of hydrogen-bond donors (Lipinski definition) is 2. The molecule has 1 aromatic rings. The van der Waals surface area contributed by atoms with Crippen molar-refractivity contribution in [1.29, 1.82) is 0 Å². The van der Waals surface area contributed by atoms with Crippen molar-refractivity contribution in [2.75, 3.05) is 13.2 Å². The van der Waals surface area contributed by atoms with Crippen molar-refractivity contribution < 1.29 is 9.53 Å². The second-order valence-electron chi connectivity index (χ2n) is 5.81. The fourth-order valence-electron chi connectivity index (χ4n) is 2.67. The van der Waals surface area contributed by atoms with Gasteiger partial charge in [0.25, 0.3) is 0 Å². The number of carbonyl (C=O) groups excluding carboxylic acids is 1. The molecule has 0 spiro atoms. The lowest BCUT2D eigenvalue weighted by Gasteiger charge is -2.22. The third-order valence-corrected chi connectivity index (χ3v) is 4.03. The van der Waals surface area contributed by atoms with Crippen molar-refractivity contribution in [3.63, 3.8) is 0 Å². The van der Waals surface area contributed by atoms with Gasteiger partial charge in [-0.2, -0.15) is 0 Å². The van der Waals surface area contributed by atoms with E-state index in [1.54, 1.807) is 0 Å². The van der Waals surface area contributed by atoms with Crippen molar-refractivity contribution in [1.82, 2.24) is 5.32 Å². The van der Waals surface area contributed by atoms with Crippen molar-refractivity contribution in [3.05, 3.63) is 35.4 Å². The Labute approximate surface area is 139 Å². The third kappa shape index (κ3) is 5.95. The highest BCUT2D eigenvalue weighted by Gasteiger charge is 2.16. The van der Waals surface area contributed by atoms with E-state index in [0.717, 1.165) is 24.0 Å². The number of halogens is 1. The predicted molar refractivity (Wildman–Crippen MR) is 91.2 cm³/mol. The van der Waals surface area contributed by atoms with Crippen LogP contribution in [0.2, 0.25) is 0 Å². The molecule has 1 saturated carbocycles. The van der Waals surface area contributed by atoms with E-state index in [1.807, 2.05) is 31.2 Å². The summed E-state index contributed by atoms with van der Waals surface area (Å²) in [6.45, 7) is 3.10. The van der Waals surface area contributed by atoms with Gasteiger partial charge in [-0.25, -0.2) is 0 Å². The van der Waals surface area contributed by atoms with Crippen LogP contribution in [-0.2, 0) is 9.53 Å². The Morgan fingerprint density at radius 1 is 1.27 bits per heavy atom. The van der Waals surface area contributed by atoms with Crippen molar-refractivity contribution in [3.8, 4) is 0 Å². The molecule has 0 radical (unpaired) electrons. The lowest BCUT2D eigenvalue weighted by atomic mass is 9.98. The van der Waals surface area contributed by atoms with Crippen LogP contribution >= 0.6 is 12.4 Å². The summed E-state index contributed by atoms with van der Waals surface area (Å²) in [7, 11) is 0. The number of hydrogen-bond acceptors (Lipinski definition) is 3. The summed E-state index contributed by atoms with van der Waals surface area (Å²) in [4.78, 5) is 12.0. The normalized spacial score (nSPS) is 16.6. The molecule has 5 heteroatoms. The highest BCUT2D eigenvalue weighted by molar-refractivity contribution is 5.85. The van der Waals surface area contributed by atoms with E-state index in [0.29, 0.717) is 19.3 Å². The summed E-state index contributed by atoms with van der Waals surface area (Å²) < 4.78 is 5.78. The minimum absolute atomic E-state index is 0. The van der Waals surface area contributed by atoms with E-state index in [2.05, 4.69) is 5.32 Å². The summed E-state index contributed by atoms with van der Waals surface area (Å²) in [5.74, 6) is -0.147. The van der Waals surface area contributed by atoms with Crippen LogP contribution in [0.15, 0.2) is 24.3 Å². The Kier molecular flexibility index (Phi) is 8.46. The monoisotopic (exact) mass is 326 g/mol. The first kappa shape index (κ1) is 18.9. The summed E-state index contributed by atoms with van der Waals surface area (Å²) in [6.07, 6.45) is 6.52. The molecule has 1 amide bonds. The van der Waals surface area contributed by atoms with E-state index in [1.165, 1.54) is 19.3 Å². The number of aryl methyl sites for hydroxylation is 1. The molecule has 1 aliphatic carbocycles. The molecule has 124 valence electrons.